The Hall–Kier alpha value is -4.04. The summed E-state index contributed by atoms with van der Waals surface area (Å²) in [6.07, 6.45) is 0. The van der Waals surface area contributed by atoms with Gasteiger partial charge < -0.3 is 5.32 Å². The number of anilines is 1. The van der Waals surface area contributed by atoms with Crippen LogP contribution >= 0.6 is 0 Å². The molecule has 0 saturated carbocycles. The molecule has 1 amide bonds. The van der Waals surface area contributed by atoms with Crippen molar-refractivity contribution in [3.8, 4) is 0 Å². The molecule has 0 aliphatic heterocycles. The summed E-state index contributed by atoms with van der Waals surface area (Å²) < 4.78 is 26.5. The Balaban J connectivity index is 1.79. The smallest absolute Gasteiger partial charge is 0.288 e. The van der Waals surface area contributed by atoms with E-state index in [9.17, 15) is 23.3 Å². The van der Waals surface area contributed by atoms with E-state index in [4.69, 9.17) is 0 Å². The third kappa shape index (κ3) is 3.76. The molecule has 0 aromatic heterocycles. The lowest BCUT2D eigenvalue weighted by Crippen LogP contribution is -2.17. The highest BCUT2D eigenvalue weighted by Crippen LogP contribution is 2.31. The first-order valence-corrected chi connectivity index (χ1v) is 10.7. The summed E-state index contributed by atoms with van der Waals surface area (Å²) in [5, 5.41) is 15.8. The fourth-order valence-corrected chi connectivity index (χ4v) is 4.99. The zero-order valence-corrected chi connectivity index (χ0v) is 16.9. The minimum absolute atomic E-state index is 0.103. The van der Waals surface area contributed by atoms with E-state index >= 15 is 0 Å². The van der Waals surface area contributed by atoms with Crippen molar-refractivity contribution in [1.29, 1.82) is 0 Å². The molecule has 0 saturated heterocycles. The van der Waals surface area contributed by atoms with Crippen molar-refractivity contribution in [3.63, 3.8) is 0 Å². The third-order valence-corrected chi connectivity index (χ3v) is 6.67. The number of benzene rings is 4. The van der Waals surface area contributed by atoms with Crippen LogP contribution in [0.2, 0.25) is 0 Å². The first kappa shape index (κ1) is 20.2. The van der Waals surface area contributed by atoms with E-state index in [1.54, 1.807) is 12.1 Å². The molecule has 4 aromatic carbocycles. The molecule has 1 N–H and O–H groups in total. The molecule has 0 atom stereocenters. The van der Waals surface area contributed by atoms with E-state index in [1.165, 1.54) is 36.4 Å². The summed E-state index contributed by atoms with van der Waals surface area (Å²) in [6.45, 7) is 0. The summed E-state index contributed by atoms with van der Waals surface area (Å²) in [5.74, 6) is -0.630. The second-order valence-corrected chi connectivity index (χ2v) is 8.59. The molecule has 4 aromatic rings. The number of carbonyl (C=O) groups excluding carboxylic acids is 1. The van der Waals surface area contributed by atoms with Crippen molar-refractivity contribution in [2.45, 2.75) is 9.79 Å². The Kier molecular flexibility index (Phi) is 5.22. The lowest BCUT2D eigenvalue weighted by Gasteiger charge is -2.12. The van der Waals surface area contributed by atoms with Crippen LogP contribution < -0.4 is 5.32 Å². The van der Waals surface area contributed by atoms with Gasteiger partial charge >= 0.3 is 0 Å². The van der Waals surface area contributed by atoms with E-state index in [1.807, 2.05) is 30.3 Å². The van der Waals surface area contributed by atoms with Crippen LogP contribution in [0.15, 0.2) is 101 Å². The maximum atomic E-state index is 13.3. The van der Waals surface area contributed by atoms with Gasteiger partial charge in [0.05, 0.1) is 15.4 Å². The van der Waals surface area contributed by atoms with Crippen LogP contribution in [0.3, 0.4) is 0 Å². The van der Waals surface area contributed by atoms with Gasteiger partial charge in [-0.2, -0.15) is 0 Å². The van der Waals surface area contributed by atoms with E-state index in [0.29, 0.717) is 5.69 Å². The van der Waals surface area contributed by atoms with Gasteiger partial charge in [0, 0.05) is 17.1 Å². The number of nitro benzene ring substituents is 1. The summed E-state index contributed by atoms with van der Waals surface area (Å²) in [5.41, 5.74) is -0.124. The number of carbonyl (C=O) groups is 1. The maximum absolute atomic E-state index is 13.3. The lowest BCUT2D eigenvalue weighted by molar-refractivity contribution is -0.387. The third-order valence-electron chi connectivity index (χ3n) is 4.81. The molecular weight excluding hydrogens is 416 g/mol. The van der Waals surface area contributed by atoms with Crippen molar-refractivity contribution < 1.29 is 18.1 Å². The lowest BCUT2D eigenvalue weighted by atomic mass is 10.1. The zero-order valence-electron chi connectivity index (χ0n) is 16.1. The molecule has 4 rings (SSSR count). The Morgan fingerprint density at radius 2 is 1.39 bits per heavy atom. The quantitative estimate of drug-likeness (QED) is 0.359. The van der Waals surface area contributed by atoms with Gasteiger partial charge in [-0.1, -0.05) is 60.7 Å². The first-order chi connectivity index (χ1) is 14.9. The number of hydrogen-bond acceptors (Lipinski definition) is 5. The summed E-state index contributed by atoms with van der Waals surface area (Å²) >= 11 is 0. The second-order valence-electron chi connectivity index (χ2n) is 6.71. The highest BCUT2D eigenvalue weighted by atomic mass is 32.2. The standard InChI is InChI=1S/C23H16N2O5S/c26-23(24-19-12-7-9-16-8-1-2-10-17(16)19)18-11-3-5-14-21(18)31(29,30)22-15-6-4-13-20(22)25(27)28/h1-15H,(H,24,26). The Bertz CT molecular complexity index is 1430. The predicted molar refractivity (Wildman–Crippen MR) is 117 cm³/mol. The monoisotopic (exact) mass is 432 g/mol. The highest BCUT2D eigenvalue weighted by molar-refractivity contribution is 7.91. The van der Waals surface area contributed by atoms with Crippen molar-refractivity contribution in [2.75, 3.05) is 5.32 Å². The summed E-state index contributed by atoms with van der Waals surface area (Å²) in [6, 6.07) is 23.6. The minimum Gasteiger partial charge on any atom is -0.321 e. The first-order valence-electron chi connectivity index (χ1n) is 9.26. The van der Waals surface area contributed by atoms with Crippen molar-refractivity contribution >= 4 is 37.9 Å². The molecule has 8 heteroatoms. The van der Waals surface area contributed by atoms with Gasteiger partial charge in [-0.15, -0.1) is 0 Å². The number of rotatable bonds is 5. The average molecular weight is 432 g/mol. The van der Waals surface area contributed by atoms with Crippen LogP contribution in [0.4, 0.5) is 11.4 Å². The summed E-state index contributed by atoms with van der Waals surface area (Å²) in [4.78, 5) is 22.9. The van der Waals surface area contributed by atoms with Crippen molar-refractivity contribution in [1.82, 2.24) is 0 Å². The fraction of sp³-hybridized carbons (Fsp3) is 0. The number of sulfone groups is 1. The fourth-order valence-electron chi connectivity index (χ4n) is 3.37. The normalized spacial score (nSPS) is 11.2. The van der Waals surface area contributed by atoms with Crippen LogP contribution in [-0.4, -0.2) is 19.2 Å². The molecule has 154 valence electrons. The topological polar surface area (TPSA) is 106 Å². The van der Waals surface area contributed by atoms with E-state index in [0.717, 1.165) is 22.9 Å². The highest BCUT2D eigenvalue weighted by Gasteiger charge is 2.30. The zero-order chi connectivity index (χ0) is 22.0. The molecule has 0 radical (unpaired) electrons. The number of nitrogens with zero attached hydrogens (tertiary/aromatic N) is 1. The van der Waals surface area contributed by atoms with Gasteiger partial charge in [0.2, 0.25) is 9.84 Å². The molecular formula is C23H16N2O5S. The maximum Gasteiger partial charge on any atom is 0.288 e. The molecule has 0 heterocycles. The Morgan fingerprint density at radius 1 is 0.774 bits per heavy atom. The molecule has 0 bridgehead atoms. The number of nitrogens with one attached hydrogen (secondary N) is 1. The van der Waals surface area contributed by atoms with Crippen molar-refractivity contribution in [3.05, 3.63) is 107 Å². The Labute approximate surface area is 178 Å². The van der Waals surface area contributed by atoms with Crippen LogP contribution in [-0.2, 0) is 9.84 Å². The van der Waals surface area contributed by atoms with E-state index in [2.05, 4.69) is 5.32 Å². The predicted octanol–water partition coefficient (Wildman–Crippen LogP) is 4.83. The van der Waals surface area contributed by atoms with Gasteiger partial charge in [-0.25, -0.2) is 8.42 Å². The average Bonchev–Trinajstić information content (AvgIpc) is 2.79. The Morgan fingerprint density at radius 3 is 2.16 bits per heavy atom. The van der Waals surface area contributed by atoms with E-state index < -0.39 is 31.3 Å². The van der Waals surface area contributed by atoms with Gasteiger partial charge in [0.15, 0.2) is 0 Å². The van der Waals surface area contributed by atoms with Crippen molar-refractivity contribution in [2.24, 2.45) is 0 Å². The van der Waals surface area contributed by atoms with Gasteiger partial charge in [0.25, 0.3) is 11.6 Å². The second kappa shape index (κ2) is 8.00. The van der Waals surface area contributed by atoms with Gasteiger partial charge in [-0.3, -0.25) is 14.9 Å². The molecule has 7 nitrogen and oxygen atoms in total. The summed E-state index contributed by atoms with van der Waals surface area (Å²) in [7, 11) is -4.33. The van der Waals surface area contributed by atoms with E-state index in [-0.39, 0.29) is 10.5 Å². The molecule has 0 spiro atoms. The van der Waals surface area contributed by atoms with Crippen LogP contribution in [0.5, 0.6) is 0 Å². The molecule has 0 aliphatic carbocycles. The number of nitro groups is 1. The minimum atomic E-state index is -4.33. The van der Waals surface area contributed by atoms with Crippen LogP contribution in [0.1, 0.15) is 10.4 Å². The van der Waals surface area contributed by atoms with Crippen LogP contribution in [0.25, 0.3) is 10.8 Å². The number of fused-ring (bicyclic) bond motifs is 1. The molecule has 0 fully saturated rings. The number of amides is 1. The van der Waals surface area contributed by atoms with Gasteiger partial charge in [0.1, 0.15) is 4.90 Å². The SMILES string of the molecule is O=C(Nc1cccc2ccccc12)c1ccccc1S(=O)(=O)c1ccccc1[N+](=O)[O-]. The number of para-hydroxylation sites is 1. The number of hydrogen-bond donors (Lipinski definition) is 1. The van der Waals surface area contributed by atoms with Gasteiger partial charge in [-0.05, 0) is 29.7 Å². The van der Waals surface area contributed by atoms with Crippen LogP contribution in [0, 0.1) is 10.1 Å². The largest absolute Gasteiger partial charge is 0.321 e. The molecule has 31 heavy (non-hydrogen) atoms. The molecule has 0 aliphatic rings. The molecule has 0 unspecified atom stereocenters.